The molecule has 2 heterocycles. The van der Waals surface area contributed by atoms with E-state index in [9.17, 15) is 9.18 Å². The molecule has 140 valence electrons. The van der Waals surface area contributed by atoms with Gasteiger partial charge in [-0.15, -0.1) is 0 Å². The number of aromatic nitrogens is 2. The molecule has 0 bridgehead atoms. The van der Waals surface area contributed by atoms with Gasteiger partial charge in [0.1, 0.15) is 17.3 Å². The smallest absolute Gasteiger partial charge is 0.297 e. The van der Waals surface area contributed by atoms with Crippen LogP contribution in [-0.4, -0.2) is 15.6 Å². The monoisotopic (exact) mass is 375 g/mol. The van der Waals surface area contributed by atoms with Crippen LogP contribution in [-0.2, 0) is 7.05 Å². The number of rotatable bonds is 4. The Hall–Kier alpha value is -3.67. The molecule has 0 saturated heterocycles. The Labute approximate surface area is 161 Å². The van der Waals surface area contributed by atoms with Crippen molar-refractivity contribution in [2.24, 2.45) is 12.0 Å². The van der Waals surface area contributed by atoms with Crippen molar-refractivity contribution in [2.45, 2.75) is 6.92 Å². The lowest BCUT2D eigenvalue weighted by atomic mass is 10.2. The normalized spacial score (nSPS) is 11.4. The van der Waals surface area contributed by atoms with Gasteiger partial charge in [0, 0.05) is 12.6 Å². The van der Waals surface area contributed by atoms with Gasteiger partial charge in [0.15, 0.2) is 5.69 Å². The van der Waals surface area contributed by atoms with E-state index in [0.717, 1.165) is 16.9 Å². The molecule has 0 fully saturated rings. The van der Waals surface area contributed by atoms with Gasteiger partial charge in [-0.05, 0) is 55.5 Å². The van der Waals surface area contributed by atoms with E-state index < -0.39 is 0 Å². The van der Waals surface area contributed by atoms with Crippen molar-refractivity contribution in [2.75, 3.05) is 0 Å². The van der Waals surface area contributed by atoms with Crippen LogP contribution in [0.3, 0.4) is 0 Å². The summed E-state index contributed by atoms with van der Waals surface area (Å²) in [4.78, 5) is 17.2. The zero-order valence-corrected chi connectivity index (χ0v) is 15.5. The van der Waals surface area contributed by atoms with Gasteiger partial charge in [0.2, 0.25) is 0 Å². The number of hydrogen-bond acceptors (Lipinski definition) is 3. The Morgan fingerprint density at radius 1 is 1.00 bits per heavy atom. The maximum absolute atomic E-state index is 13.1. The fourth-order valence-electron chi connectivity index (χ4n) is 3.02. The highest BCUT2D eigenvalue weighted by Gasteiger charge is 2.15. The van der Waals surface area contributed by atoms with Gasteiger partial charge in [-0.1, -0.05) is 18.2 Å². The van der Waals surface area contributed by atoms with Gasteiger partial charge in [0.05, 0.1) is 17.6 Å². The zero-order chi connectivity index (χ0) is 19.7. The number of nitrogens with zero attached hydrogens (tertiary/aromatic N) is 3. The molecule has 0 unspecified atom stereocenters. The Kier molecular flexibility index (Phi) is 4.53. The summed E-state index contributed by atoms with van der Waals surface area (Å²) in [5, 5.41) is 0. The topological polar surface area (TPSA) is 52.4 Å². The summed E-state index contributed by atoms with van der Waals surface area (Å²) in [6.45, 7) is 1.85. The highest BCUT2D eigenvalue weighted by molar-refractivity contribution is 5.80. The first-order chi connectivity index (χ1) is 13.5. The average Bonchev–Trinajstić information content (AvgIpc) is 3.25. The summed E-state index contributed by atoms with van der Waals surface area (Å²) < 4.78 is 22.2. The molecular weight excluding hydrogens is 357 g/mol. The molecule has 0 atom stereocenters. The van der Waals surface area contributed by atoms with Crippen molar-refractivity contribution in [3.8, 4) is 17.0 Å². The lowest BCUT2D eigenvalue weighted by Gasteiger charge is -2.07. The third kappa shape index (κ3) is 3.20. The van der Waals surface area contributed by atoms with Crippen LogP contribution in [0, 0.1) is 12.7 Å². The summed E-state index contributed by atoms with van der Waals surface area (Å²) in [6.07, 6.45) is 1.52. The Morgan fingerprint density at radius 3 is 2.43 bits per heavy atom. The molecule has 0 N–H and O–H groups in total. The lowest BCUT2D eigenvalue weighted by molar-refractivity contribution is 0.574. The molecule has 0 amide bonds. The standard InChI is InChI=1S/C22H18FN3O2/c1-15-21(22(27)26(25(15)2)18-6-4-3-5-7-18)24-14-19-12-13-20(28-19)16-8-10-17(23)11-9-16/h3-14H,1-2H3. The van der Waals surface area contributed by atoms with Crippen molar-refractivity contribution in [3.05, 3.63) is 94.4 Å². The van der Waals surface area contributed by atoms with Crippen molar-refractivity contribution in [3.63, 3.8) is 0 Å². The summed E-state index contributed by atoms with van der Waals surface area (Å²) >= 11 is 0. The number of halogens is 1. The molecule has 28 heavy (non-hydrogen) atoms. The number of para-hydroxylation sites is 1. The summed E-state index contributed by atoms with van der Waals surface area (Å²) in [6, 6.07) is 19.0. The third-order valence-electron chi connectivity index (χ3n) is 4.60. The van der Waals surface area contributed by atoms with Gasteiger partial charge < -0.3 is 4.42 Å². The average molecular weight is 375 g/mol. The Balaban J connectivity index is 1.66. The van der Waals surface area contributed by atoms with Crippen LogP contribution in [0.5, 0.6) is 0 Å². The Bertz CT molecular complexity index is 1200. The molecule has 0 aliphatic heterocycles. The van der Waals surface area contributed by atoms with E-state index in [0.29, 0.717) is 17.2 Å². The van der Waals surface area contributed by atoms with E-state index in [-0.39, 0.29) is 11.4 Å². The number of benzene rings is 2. The Morgan fingerprint density at radius 2 is 1.71 bits per heavy atom. The first kappa shape index (κ1) is 17.7. The number of hydrogen-bond donors (Lipinski definition) is 0. The van der Waals surface area contributed by atoms with Crippen molar-refractivity contribution < 1.29 is 8.81 Å². The molecule has 0 spiro atoms. The van der Waals surface area contributed by atoms with E-state index in [1.165, 1.54) is 18.3 Å². The van der Waals surface area contributed by atoms with Crippen LogP contribution in [0.1, 0.15) is 11.5 Å². The summed E-state index contributed by atoms with van der Waals surface area (Å²) in [5.74, 6) is 0.813. The molecule has 4 aromatic rings. The van der Waals surface area contributed by atoms with Crippen molar-refractivity contribution >= 4 is 11.9 Å². The minimum absolute atomic E-state index is 0.201. The summed E-state index contributed by atoms with van der Waals surface area (Å²) in [5.41, 5.74) is 2.44. The van der Waals surface area contributed by atoms with Gasteiger partial charge in [-0.25, -0.2) is 14.1 Å². The fourth-order valence-corrected chi connectivity index (χ4v) is 3.02. The van der Waals surface area contributed by atoms with Gasteiger partial charge >= 0.3 is 0 Å². The van der Waals surface area contributed by atoms with Crippen LogP contribution in [0.25, 0.3) is 17.0 Å². The highest BCUT2D eigenvalue weighted by Crippen LogP contribution is 2.22. The molecule has 4 rings (SSSR count). The molecule has 0 aliphatic rings. The molecule has 0 aliphatic carbocycles. The quantitative estimate of drug-likeness (QED) is 0.488. The molecule has 6 heteroatoms. The van der Waals surface area contributed by atoms with E-state index in [1.807, 2.05) is 44.3 Å². The predicted octanol–water partition coefficient (Wildman–Crippen LogP) is 4.63. The first-order valence-electron chi connectivity index (χ1n) is 8.78. The molecule has 5 nitrogen and oxygen atoms in total. The lowest BCUT2D eigenvalue weighted by Crippen LogP contribution is -2.19. The first-order valence-corrected chi connectivity index (χ1v) is 8.78. The third-order valence-corrected chi connectivity index (χ3v) is 4.60. The second kappa shape index (κ2) is 7.15. The van der Waals surface area contributed by atoms with Crippen LogP contribution in [0.4, 0.5) is 10.1 Å². The maximum Gasteiger partial charge on any atom is 0.297 e. The van der Waals surface area contributed by atoms with Gasteiger partial charge in [0.25, 0.3) is 5.56 Å². The van der Waals surface area contributed by atoms with E-state index in [2.05, 4.69) is 4.99 Å². The van der Waals surface area contributed by atoms with Crippen LogP contribution in [0.15, 0.2) is 80.9 Å². The molecular formula is C22H18FN3O2. The van der Waals surface area contributed by atoms with E-state index >= 15 is 0 Å². The van der Waals surface area contributed by atoms with Crippen molar-refractivity contribution in [1.82, 2.24) is 9.36 Å². The van der Waals surface area contributed by atoms with Crippen LogP contribution >= 0.6 is 0 Å². The minimum Gasteiger partial charge on any atom is -0.455 e. The minimum atomic E-state index is -0.300. The molecule has 2 aromatic heterocycles. The van der Waals surface area contributed by atoms with Gasteiger partial charge in [-0.2, -0.15) is 0 Å². The molecule has 2 aromatic carbocycles. The SMILES string of the molecule is Cc1c(N=Cc2ccc(-c3ccc(F)cc3)o2)c(=O)n(-c2ccccc2)n1C. The van der Waals surface area contributed by atoms with Crippen LogP contribution < -0.4 is 5.56 Å². The predicted molar refractivity (Wildman–Crippen MR) is 107 cm³/mol. The second-order valence-electron chi connectivity index (χ2n) is 6.38. The highest BCUT2D eigenvalue weighted by atomic mass is 19.1. The second-order valence-corrected chi connectivity index (χ2v) is 6.38. The van der Waals surface area contributed by atoms with E-state index in [1.54, 1.807) is 33.6 Å². The van der Waals surface area contributed by atoms with Gasteiger partial charge in [-0.3, -0.25) is 9.48 Å². The molecule has 0 radical (unpaired) electrons. The maximum atomic E-state index is 13.1. The van der Waals surface area contributed by atoms with Crippen LogP contribution in [0.2, 0.25) is 0 Å². The largest absolute Gasteiger partial charge is 0.455 e. The fraction of sp³-hybridized carbons (Fsp3) is 0.0909. The summed E-state index contributed by atoms with van der Waals surface area (Å²) in [7, 11) is 1.82. The van der Waals surface area contributed by atoms with Crippen molar-refractivity contribution in [1.29, 1.82) is 0 Å². The molecule has 0 saturated carbocycles. The number of furan rings is 1. The van der Waals surface area contributed by atoms with E-state index in [4.69, 9.17) is 4.42 Å². The number of aliphatic imine (C=N–C) groups is 1. The zero-order valence-electron chi connectivity index (χ0n) is 15.5.